The van der Waals surface area contributed by atoms with E-state index in [1.165, 1.54) is 6.92 Å². The van der Waals surface area contributed by atoms with E-state index in [-0.39, 0.29) is 0 Å². The molecule has 1 unspecified atom stereocenters. The highest BCUT2D eigenvalue weighted by molar-refractivity contribution is 6.31. The van der Waals surface area contributed by atoms with Crippen LogP contribution in [-0.2, 0) is 14.3 Å². The first-order valence-electron chi connectivity index (χ1n) is 7.08. The van der Waals surface area contributed by atoms with E-state index in [2.05, 4.69) is 5.32 Å². The predicted molar refractivity (Wildman–Crippen MR) is 92.6 cm³/mol. The molecular weight excluding hydrogens is 353 g/mol. The van der Waals surface area contributed by atoms with E-state index >= 15 is 0 Å². The lowest BCUT2D eigenvalue weighted by molar-refractivity contribution is -0.153. The van der Waals surface area contributed by atoms with Crippen molar-refractivity contribution >= 4 is 40.8 Å². The van der Waals surface area contributed by atoms with E-state index in [1.54, 1.807) is 48.5 Å². The van der Waals surface area contributed by atoms with Crippen LogP contribution in [0.2, 0.25) is 10.0 Å². The Bertz CT molecular complexity index is 719. The van der Waals surface area contributed by atoms with Crippen LogP contribution in [-0.4, -0.2) is 24.6 Å². The highest BCUT2D eigenvalue weighted by atomic mass is 35.5. The van der Waals surface area contributed by atoms with Crippen LogP contribution in [0.5, 0.6) is 5.75 Å². The van der Waals surface area contributed by atoms with Crippen molar-refractivity contribution in [3.8, 4) is 5.75 Å². The predicted octanol–water partition coefficient (Wildman–Crippen LogP) is 3.94. The van der Waals surface area contributed by atoms with Gasteiger partial charge in [0.15, 0.2) is 12.7 Å². The largest absolute Gasteiger partial charge is 0.479 e. The number of ether oxygens (including phenoxy) is 2. The van der Waals surface area contributed by atoms with Gasteiger partial charge in [0.1, 0.15) is 5.75 Å². The average Bonchev–Trinajstić information content (AvgIpc) is 2.54. The van der Waals surface area contributed by atoms with Crippen molar-refractivity contribution in [1.29, 1.82) is 0 Å². The van der Waals surface area contributed by atoms with Crippen LogP contribution in [0.15, 0.2) is 48.5 Å². The summed E-state index contributed by atoms with van der Waals surface area (Å²) in [6.07, 6.45) is -0.869. The van der Waals surface area contributed by atoms with Crippen LogP contribution in [0, 0.1) is 0 Å². The third-order valence-corrected chi connectivity index (χ3v) is 3.40. The first kappa shape index (κ1) is 18.1. The minimum Gasteiger partial charge on any atom is -0.479 e. The van der Waals surface area contributed by atoms with Crippen LogP contribution in [0.3, 0.4) is 0 Å². The van der Waals surface area contributed by atoms with Gasteiger partial charge in [0.05, 0.1) is 0 Å². The minimum absolute atomic E-state index is 0.412. The Morgan fingerprint density at radius 2 is 1.79 bits per heavy atom. The molecule has 0 heterocycles. The van der Waals surface area contributed by atoms with Crippen molar-refractivity contribution in [3.05, 3.63) is 58.6 Å². The van der Waals surface area contributed by atoms with E-state index < -0.39 is 24.6 Å². The molecule has 0 aliphatic carbocycles. The number of carbonyl (C=O) groups excluding carboxylic acids is 2. The third-order valence-electron chi connectivity index (χ3n) is 2.91. The molecule has 1 atom stereocenters. The van der Waals surface area contributed by atoms with Gasteiger partial charge in [0.25, 0.3) is 5.91 Å². The zero-order valence-electron chi connectivity index (χ0n) is 12.8. The number of benzene rings is 2. The molecule has 0 aliphatic rings. The Hall–Kier alpha value is -2.24. The monoisotopic (exact) mass is 367 g/mol. The van der Waals surface area contributed by atoms with Gasteiger partial charge in [0, 0.05) is 15.7 Å². The molecule has 0 saturated carbocycles. The summed E-state index contributed by atoms with van der Waals surface area (Å²) in [5.74, 6) is -0.667. The number of anilines is 1. The normalized spacial score (nSPS) is 11.5. The summed E-state index contributed by atoms with van der Waals surface area (Å²) in [7, 11) is 0. The fourth-order valence-corrected chi connectivity index (χ4v) is 2.08. The van der Waals surface area contributed by atoms with Crippen molar-refractivity contribution in [3.63, 3.8) is 0 Å². The Kier molecular flexibility index (Phi) is 6.46. The lowest BCUT2D eigenvalue weighted by Gasteiger charge is -2.14. The second-order valence-corrected chi connectivity index (χ2v) is 5.75. The zero-order valence-corrected chi connectivity index (χ0v) is 14.3. The molecule has 0 aliphatic heterocycles. The molecule has 24 heavy (non-hydrogen) atoms. The van der Waals surface area contributed by atoms with E-state index in [4.69, 9.17) is 32.7 Å². The molecule has 1 N–H and O–H groups in total. The molecule has 0 spiro atoms. The second-order valence-electron chi connectivity index (χ2n) is 4.88. The van der Waals surface area contributed by atoms with Gasteiger partial charge in [-0.2, -0.15) is 0 Å². The lowest BCUT2D eigenvalue weighted by atomic mass is 10.3. The first-order valence-corrected chi connectivity index (χ1v) is 7.84. The minimum atomic E-state index is -0.869. The number of nitrogens with one attached hydrogen (secondary N) is 1. The Morgan fingerprint density at radius 3 is 2.46 bits per heavy atom. The molecule has 0 saturated heterocycles. The Labute approximate surface area is 149 Å². The lowest BCUT2D eigenvalue weighted by Crippen LogP contribution is -2.29. The molecule has 2 aromatic carbocycles. The van der Waals surface area contributed by atoms with Crippen molar-refractivity contribution in [1.82, 2.24) is 0 Å². The maximum absolute atomic E-state index is 11.9. The molecule has 2 rings (SSSR count). The second kappa shape index (κ2) is 8.57. The van der Waals surface area contributed by atoms with Gasteiger partial charge in [-0.25, -0.2) is 4.79 Å². The summed E-state index contributed by atoms with van der Waals surface area (Å²) in [5, 5.41) is 3.64. The van der Waals surface area contributed by atoms with Gasteiger partial charge in [-0.1, -0.05) is 29.3 Å². The highest BCUT2D eigenvalue weighted by Gasteiger charge is 2.18. The smallest absolute Gasteiger partial charge is 0.347 e. The third kappa shape index (κ3) is 5.76. The van der Waals surface area contributed by atoms with Crippen molar-refractivity contribution in [2.45, 2.75) is 13.0 Å². The fourth-order valence-electron chi connectivity index (χ4n) is 1.78. The first-order chi connectivity index (χ1) is 11.4. The van der Waals surface area contributed by atoms with Crippen LogP contribution in [0.25, 0.3) is 0 Å². The Morgan fingerprint density at radius 1 is 1.08 bits per heavy atom. The maximum Gasteiger partial charge on any atom is 0.347 e. The molecule has 0 bridgehead atoms. The van der Waals surface area contributed by atoms with Crippen molar-refractivity contribution < 1.29 is 19.1 Å². The quantitative estimate of drug-likeness (QED) is 0.785. The molecule has 0 aromatic heterocycles. The van der Waals surface area contributed by atoms with Gasteiger partial charge in [0.2, 0.25) is 0 Å². The zero-order chi connectivity index (χ0) is 17.5. The number of hydrogen-bond acceptors (Lipinski definition) is 4. The molecule has 126 valence electrons. The molecule has 2 aromatic rings. The Balaban J connectivity index is 1.79. The van der Waals surface area contributed by atoms with Crippen LogP contribution < -0.4 is 10.1 Å². The molecular formula is C17H15Cl2NO4. The van der Waals surface area contributed by atoms with E-state index in [0.29, 0.717) is 21.5 Å². The summed E-state index contributed by atoms with van der Waals surface area (Å²) in [6.45, 7) is 1.12. The highest BCUT2D eigenvalue weighted by Crippen LogP contribution is 2.18. The molecule has 7 heteroatoms. The molecule has 0 fully saturated rings. The summed E-state index contributed by atoms with van der Waals surface area (Å²) in [5.41, 5.74) is 0.559. The fraction of sp³-hybridized carbons (Fsp3) is 0.176. The van der Waals surface area contributed by atoms with E-state index in [0.717, 1.165) is 0 Å². The van der Waals surface area contributed by atoms with Crippen LogP contribution in [0.1, 0.15) is 6.92 Å². The average molecular weight is 368 g/mol. The molecule has 0 radical (unpaired) electrons. The number of carbonyl (C=O) groups is 2. The SMILES string of the molecule is CC(Oc1cccc(Cl)c1)C(=O)OCC(=O)Nc1ccc(Cl)cc1. The van der Waals surface area contributed by atoms with Gasteiger partial charge in [-0.15, -0.1) is 0 Å². The standard InChI is InChI=1S/C17H15Cl2NO4/c1-11(24-15-4-2-3-13(19)9-15)17(22)23-10-16(21)20-14-7-5-12(18)6-8-14/h2-9,11H,10H2,1H3,(H,20,21). The van der Waals surface area contributed by atoms with Gasteiger partial charge >= 0.3 is 5.97 Å². The van der Waals surface area contributed by atoms with Crippen LogP contribution >= 0.6 is 23.2 Å². The summed E-state index contributed by atoms with van der Waals surface area (Å²) in [6, 6.07) is 13.2. The number of esters is 1. The summed E-state index contributed by atoms with van der Waals surface area (Å²) >= 11 is 11.6. The van der Waals surface area contributed by atoms with E-state index in [1.807, 2.05) is 0 Å². The van der Waals surface area contributed by atoms with Gasteiger partial charge < -0.3 is 14.8 Å². The number of hydrogen-bond donors (Lipinski definition) is 1. The molecule has 1 amide bonds. The molecule has 5 nitrogen and oxygen atoms in total. The van der Waals surface area contributed by atoms with Gasteiger partial charge in [-0.05, 0) is 49.4 Å². The van der Waals surface area contributed by atoms with Gasteiger partial charge in [-0.3, -0.25) is 4.79 Å². The maximum atomic E-state index is 11.9. The summed E-state index contributed by atoms with van der Waals surface area (Å²) in [4.78, 5) is 23.6. The number of halogens is 2. The van der Waals surface area contributed by atoms with Crippen molar-refractivity contribution in [2.24, 2.45) is 0 Å². The topological polar surface area (TPSA) is 64.6 Å². The number of amides is 1. The van der Waals surface area contributed by atoms with Crippen molar-refractivity contribution in [2.75, 3.05) is 11.9 Å². The van der Waals surface area contributed by atoms with E-state index in [9.17, 15) is 9.59 Å². The summed E-state index contributed by atoms with van der Waals surface area (Å²) < 4.78 is 10.3. The van der Waals surface area contributed by atoms with Crippen LogP contribution in [0.4, 0.5) is 5.69 Å². The number of rotatable bonds is 6.